The van der Waals surface area contributed by atoms with Gasteiger partial charge in [0.05, 0.1) is 11.0 Å². The predicted octanol–water partition coefficient (Wildman–Crippen LogP) is 2.36. The molecule has 0 aliphatic heterocycles. The minimum atomic E-state index is 0.498. The molecule has 16 heavy (non-hydrogen) atoms. The van der Waals surface area contributed by atoms with Gasteiger partial charge in [-0.3, -0.25) is 0 Å². The van der Waals surface area contributed by atoms with Crippen LogP contribution in [0.2, 0.25) is 0 Å². The van der Waals surface area contributed by atoms with Crippen molar-refractivity contribution in [1.29, 1.82) is 0 Å². The van der Waals surface area contributed by atoms with E-state index in [-0.39, 0.29) is 0 Å². The van der Waals surface area contributed by atoms with Gasteiger partial charge < -0.3 is 16.0 Å². The van der Waals surface area contributed by atoms with E-state index < -0.39 is 0 Å². The maximum absolute atomic E-state index is 5.72. The van der Waals surface area contributed by atoms with Gasteiger partial charge in [0.15, 0.2) is 0 Å². The molecular weight excluding hydrogens is 200 g/mol. The topological polar surface area (TPSA) is 66.7 Å². The summed E-state index contributed by atoms with van der Waals surface area (Å²) in [6.07, 6.45) is 2.67. The van der Waals surface area contributed by atoms with Gasteiger partial charge >= 0.3 is 0 Å². The number of nitrogens with one attached hydrogen (secondary N) is 2. The molecule has 4 nitrogen and oxygen atoms in total. The molecule has 3 rings (SSSR count). The van der Waals surface area contributed by atoms with E-state index >= 15 is 0 Å². The maximum atomic E-state index is 5.72. The molecule has 0 bridgehead atoms. The highest BCUT2D eigenvalue weighted by molar-refractivity contribution is 5.80. The van der Waals surface area contributed by atoms with Crippen LogP contribution in [0, 0.1) is 5.92 Å². The lowest BCUT2D eigenvalue weighted by molar-refractivity contribution is 0.688. The molecule has 4 heteroatoms. The van der Waals surface area contributed by atoms with Crippen molar-refractivity contribution in [2.45, 2.75) is 25.8 Å². The van der Waals surface area contributed by atoms with Gasteiger partial charge in [0.1, 0.15) is 0 Å². The summed E-state index contributed by atoms with van der Waals surface area (Å²) in [7, 11) is 0. The minimum Gasteiger partial charge on any atom is -0.399 e. The summed E-state index contributed by atoms with van der Waals surface area (Å²) in [6, 6.07) is 6.22. The van der Waals surface area contributed by atoms with Crippen LogP contribution in [0.5, 0.6) is 0 Å². The number of fused-ring (bicyclic) bond motifs is 1. The first kappa shape index (κ1) is 9.51. The van der Waals surface area contributed by atoms with Crippen LogP contribution in [0.1, 0.15) is 19.8 Å². The van der Waals surface area contributed by atoms with Crippen molar-refractivity contribution in [3.63, 3.8) is 0 Å². The highest BCUT2D eigenvalue weighted by atomic mass is 15.1. The summed E-state index contributed by atoms with van der Waals surface area (Å²) in [4.78, 5) is 7.73. The first-order chi connectivity index (χ1) is 7.72. The molecule has 0 radical (unpaired) electrons. The van der Waals surface area contributed by atoms with Crippen molar-refractivity contribution < 1.29 is 0 Å². The number of anilines is 2. The summed E-state index contributed by atoms with van der Waals surface area (Å²) in [5.41, 5.74) is 8.44. The quantitative estimate of drug-likeness (QED) is 0.690. The van der Waals surface area contributed by atoms with Crippen molar-refractivity contribution in [2.75, 3.05) is 11.1 Å². The molecule has 1 heterocycles. The number of aromatic nitrogens is 2. The van der Waals surface area contributed by atoms with Crippen LogP contribution in [0.4, 0.5) is 11.6 Å². The Morgan fingerprint density at radius 1 is 1.50 bits per heavy atom. The highest BCUT2D eigenvalue weighted by Crippen LogP contribution is 2.33. The Kier molecular flexibility index (Phi) is 2.02. The number of benzene rings is 1. The zero-order valence-corrected chi connectivity index (χ0v) is 9.33. The molecule has 1 aliphatic rings. The van der Waals surface area contributed by atoms with E-state index in [2.05, 4.69) is 22.2 Å². The molecule has 1 saturated carbocycles. The zero-order chi connectivity index (χ0) is 11.1. The number of imidazole rings is 1. The second-order valence-corrected chi connectivity index (χ2v) is 4.63. The molecule has 2 aromatic rings. The number of rotatable bonds is 3. The lowest BCUT2D eigenvalue weighted by Crippen LogP contribution is -2.17. The summed E-state index contributed by atoms with van der Waals surface area (Å²) < 4.78 is 0. The number of hydrogen-bond donors (Lipinski definition) is 3. The smallest absolute Gasteiger partial charge is 0.201 e. The van der Waals surface area contributed by atoms with Gasteiger partial charge in [-0.05, 0) is 43.9 Å². The molecule has 0 saturated heterocycles. The highest BCUT2D eigenvalue weighted by Gasteiger charge is 2.28. The fraction of sp³-hybridized carbons (Fsp3) is 0.417. The largest absolute Gasteiger partial charge is 0.399 e. The second-order valence-electron chi connectivity index (χ2n) is 4.63. The van der Waals surface area contributed by atoms with Crippen molar-refractivity contribution >= 4 is 22.7 Å². The lowest BCUT2D eigenvalue weighted by atomic mass is 10.2. The van der Waals surface area contributed by atoms with Gasteiger partial charge in [0.25, 0.3) is 0 Å². The Morgan fingerprint density at radius 3 is 3.06 bits per heavy atom. The van der Waals surface area contributed by atoms with Gasteiger partial charge in [-0.15, -0.1) is 0 Å². The Morgan fingerprint density at radius 2 is 2.31 bits per heavy atom. The fourth-order valence-corrected chi connectivity index (χ4v) is 2.03. The maximum Gasteiger partial charge on any atom is 0.201 e. The van der Waals surface area contributed by atoms with Gasteiger partial charge in [-0.2, -0.15) is 0 Å². The van der Waals surface area contributed by atoms with E-state index in [1.807, 2.05) is 18.2 Å². The third-order valence-corrected chi connectivity index (χ3v) is 3.20. The molecule has 4 N–H and O–H groups in total. The number of nitrogen functional groups attached to an aromatic ring is 1. The van der Waals surface area contributed by atoms with E-state index in [4.69, 9.17) is 5.73 Å². The summed E-state index contributed by atoms with van der Waals surface area (Å²) in [6.45, 7) is 2.21. The predicted molar refractivity (Wildman–Crippen MR) is 66.3 cm³/mol. The van der Waals surface area contributed by atoms with Crippen LogP contribution >= 0.6 is 0 Å². The monoisotopic (exact) mass is 216 g/mol. The molecule has 0 spiro atoms. The average molecular weight is 216 g/mol. The molecule has 1 unspecified atom stereocenters. The number of H-pyrrole nitrogens is 1. The van der Waals surface area contributed by atoms with Crippen molar-refractivity contribution in [1.82, 2.24) is 9.97 Å². The Bertz CT molecular complexity index is 513. The summed E-state index contributed by atoms with van der Waals surface area (Å²) in [5, 5.41) is 3.41. The van der Waals surface area contributed by atoms with Crippen molar-refractivity contribution in [3.8, 4) is 0 Å². The first-order valence-corrected chi connectivity index (χ1v) is 5.74. The summed E-state index contributed by atoms with van der Waals surface area (Å²) in [5.74, 6) is 1.67. The zero-order valence-electron chi connectivity index (χ0n) is 9.33. The third kappa shape index (κ3) is 1.71. The van der Waals surface area contributed by atoms with Crippen LogP contribution in [0.15, 0.2) is 18.2 Å². The number of hydrogen-bond acceptors (Lipinski definition) is 3. The second kappa shape index (κ2) is 3.40. The van der Waals surface area contributed by atoms with Gasteiger partial charge in [0.2, 0.25) is 5.95 Å². The SMILES string of the molecule is CC(Nc1nc2ccc(N)cc2[nH]1)C1CC1. The van der Waals surface area contributed by atoms with Gasteiger partial charge in [0, 0.05) is 11.7 Å². The average Bonchev–Trinajstić information content (AvgIpc) is 3.00. The van der Waals surface area contributed by atoms with E-state index in [0.29, 0.717) is 6.04 Å². The number of nitrogens with two attached hydrogens (primary N) is 1. The fourth-order valence-electron chi connectivity index (χ4n) is 2.03. The minimum absolute atomic E-state index is 0.498. The third-order valence-electron chi connectivity index (χ3n) is 3.20. The van der Waals surface area contributed by atoms with Crippen LogP contribution in [0.3, 0.4) is 0 Å². The molecule has 1 aliphatic carbocycles. The Balaban J connectivity index is 1.86. The Labute approximate surface area is 94.3 Å². The molecule has 84 valence electrons. The molecule has 1 atom stereocenters. The van der Waals surface area contributed by atoms with Crippen molar-refractivity contribution in [3.05, 3.63) is 18.2 Å². The summed E-state index contributed by atoms with van der Waals surface area (Å²) >= 11 is 0. The normalized spacial score (nSPS) is 17.6. The molecule has 1 aromatic heterocycles. The molecule has 0 amide bonds. The number of aromatic amines is 1. The van der Waals surface area contributed by atoms with Crippen LogP contribution in [0.25, 0.3) is 11.0 Å². The number of nitrogens with zero attached hydrogens (tertiary/aromatic N) is 1. The molecular formula is C12H16N4. The lowest BCUT2D eigenvalue weighted by Gasteiger charge is -2.10. The van der Waals surface area contributed by atoms with E-state index in [1.54, 1.807) is 0 Å². The van der Waals surface area contributed by atoms with E-state index in [0.717, 1.165) is 28.6 Å². The van der Waals surface area contributed by atoms with Gasteiger partial charge in [-0.1, -0.05) is 0 Å². The molecule has 1 fully saturated rings. The van der Waals surface area contributed by atoms with Crippen LogP contribution in [-0.2, 0) is 0 Å². The van der Waals surface area contributed by atoms with Crippen LogP contribution in [-0.4, -0.2) is 16.0 Å². The molecule has 1 aromatic carbocycles. The Hall–Kier alpha value is -1.71. The van der Waals surface area contributed by atoms with E-state index in [1.165, 1.54) is 12.8 Å². The van der Waals surface area contributed by atoms with E-state index in [9.17, 15) is 0 Å². The van der Waals surface area contributed by atoms with Crippen LogP contribution < -0.4 is 11.1 Å². The first-order valence-electron chi connectivity index (χ1n) is 5.74. The van der Waals surface area contributed by atoms with Gasteiger partial charge in [-0.25, -0.2) is 4.98 Å². The van der Waals surface area contributed by atoms with Crippen molar-refractivity contribution in [2.24, 2.45) is 5.92 Å². The standard InChI is InChI=1S/C12H16N4/c1-7(8-2-3-8)14-12-15-10-5-4-9(13)6-11(10)16-12/h4-8H,2-3,13H2,1H3,(H2,14,15,16).